The molecule has 5 N–H and O–H groups in total. The van der Waals surface area contributed by atoms with Crippen molar-refractivity contribution in [2.75, 3.05) is 13.2 Å². The Labute approximate surface area is 129 Å². The van der Waals surface area contributed by atoms with Crippen LogP contribution in [0.25, 0.3) is 0 Å². The quantitative estimate of drug-likeness (QED) is 0.206. The Morgan fingerprint density at radius 1 is 1.45 bits per heavy atom. The zero-order chi connectivity index (χ0) is 17.1. The fraction of sp³-hybridized carbons (Fsp3) is 0.923. The summed E-state index contributed by atoms with van der Waals surface area (Å²) in [5.74, 6) is -0.624. The van der Waals surface area contributed by atoms with Crippen molar-refractivity contribution in [3.63, 3.8) is 0 Å². The summed E-state index contributed by atoms with van der Waals surface area (Å²) in [5.41, 5.74) is 8.53. The number of hydrogen-bond acceptors (Lipinski definition) is 6. The van der Waals surface area contributed by atoms with Gasteiger partial charge >= 0.3 is 6.35 Å². The SMILES string of the molecule is CC(C)(C)C(OC(N=C(N)N)[N+](=O)[O-])C(C)(O)C1CCOC1. The van der Waals surface area contributed by atoms with Crippen molar-refractivity contribution in [3.05, 3.63) is 10.1 Å². The second kappa shape index (κ2) is 6.76. The molecular weight excluding hydrogens is 292 g/mol. The van der Waals surface area contributed by atoms with E-state index in [-0.39, 0.29) is 5.92 Å². The maximum atomic E-state index is 11.1. The fourth-order valence-corrected chi connectivity index (χ4v) is 2.80. The van der Waals surface area contributed by atoms with Gasteiger partial charge in [-0.3, -0.25) is 14.9 Å². The second-order valence-electron chi connectivity index (χ2n) is 6.83. The van der Waals surface area contributed by atoms with Gasteiger partial charge in [-0.1, -0.05) is 20.8 Å². The molecule has 22 heavy (non-hydrogen) atoms. The van der Waals surface area contributed by atoms with Crippen LogP contribution in [0.4, 0.5) is 0 Å². The smallest absolute Gasteiger partial charge is 0.387 e. The van der Waals surface area contributed by atoms with Crippen LogP contribution < -0.4 is 11.5 Å². The highest BCUT2D eigenvalue weighted by molar-refractivity contribution is 5.75. The maximum absolute atomic E-state index is 11.1. The Balaban J connectivity index is 3.07. The van der Waals surface area contributed by atoms with E-state index in [9.17, 15) is 15.2 Å². The molecule has 1 rings (SSSR count). The molecule has 0 aromatic carbocycles. The molecule has 0 radical (unpaired) electrons. The summed E-state index contributed by atoms with van der Waals surface area (Å²) in [6.45, 7) is 8.02. The number of aliphatic hydroxyl groups is 1. The maximum Gasteiger partial charge on any atom is 0.420 e. The van der Waals surface area contributed by atoms with E-state index >= 15 is 0 Å². The minimum atomic E-state index is -1.76. The van der Waals surface area contributed by atoms with Crippen molar-refractivity contribution in [2.24, 2.45) is 27.8 Å². The van der Waals surface area contributed by atoms with Crippen LogP contribution in [0.2, 0.25) is 0 Å². The van der Waals surface area contributed by atoms with Crippen molar-refractivity contribution in [1.29, 1.82) is 0 Å². The molecule has 0 spiro atoms. The normalized spacial score (nSPS) is 24.3. The van der Waals surface area contributed by atoms with Crippen molar-refractivity contribution in [2.45, 2.75) is 52.2 Å². The molecule has 1 fully saturated rings. The number of guanidine groups is 1. The number of hydrogen-bond donors (Lipinski definition) is 3. The predicted molar refractivity (Wildman–Crippen MR) is 80.5 cm³/mol. The van der Waals surface area contributed by atoms with Gasteiger partial charge in [-0.25, -0.2) is 0 Å². The van der Waals surface area contributed by atoms with E-state index in [0.29, 0.717) is 19.6 Å². The molecule has 1 saturated heterocycles. The topological polar surface area (TPSA) is 146 Å². The first kappa shape index (κ1) is 18.6. The summed E-state index contributed by atoms with van der Waals surface area (Å²) < 4.78 is 10.8. The van der Waals surface area contributed by atoms with Crippen molar-refractivity contribution in [1.82, 2.24) is 0 Å². The summed E-state index contributed by atoms with van der Waals surface area (Å²) in [6.07, 6.45) is -1.96. The summed E-state index contributed by atoms with van der Waals surface area (Å²) in [7, 11) is 0. The van der Waals surface area contributed by atoms with E-state index < -0.39 is 34.4 Å². The van der Waals surface area contributed by atoms with Crippen LogP contribution in [0.5, 0.6) is 0 Å². The standard InChI is InChI=1S/C13H26N4O5/c1-12(2,3)9(13(4,18)8-5-6-21-7-8)22-11(17(19)20)16-10(14)15/h8-9,11,18H,5-7H2,1-4H3,(H4,14,15,16). The molecule has 1 heterocycles. The lowest BCUT2D eigenvalue weighted by Gasteiger charge is -2.43. The molecule has 0 saturated carbocycles. The van der Waals surface area contributed by atoms with Crippen LogP contribution in [-0.4, -0.2) is 47.3 Å². The monoisotopic (exact) mass is 318 g/mol. The van der Waals surface area contributed by atoms with Gasteiger partial charge in [0.2, 0.25) is 0 Å². The first-order chi connectivity index (χ1) is 9.96. The van der Waals surface area contributed by atoms with Gasteiger partial charge in [0.15, 0.2) is 5.96 Å². The Hall–Kier alpha value is -1.45. The minimum Gasteiger partial charge on any atom is -0.387 e. The van der Waals surface area contributed by atoms with Crippen LogP contribution in [0, 0.1) is 21.4 Å². The highest BCUT2D eigenvalue weighted by Gasteiger charge is 2.49. The largest absolute Gasteiger partial charge is 0.420 e. The van der Waals surface area contributed by atoms with E-state index in [4.69, 9.17) is 20.9 Å². The van der Waals surface area contributed by atoms with Crippen molar-refractivity contribution >= 4 is 5.96 Å². The predicted octanol–water partition coefficient (Wildman–Crippen LogP) is 0.0389. The number of ether oxygens (including phenoxy) is 2. The molecule has 0 aromatic heterocycles. The Morgan fingerprint density at radius 2 is 2.05 bits per heavy atom. The highest BCUT2D eigenvalue weighted by atomic mass is 16.7. The molecule has 0 aliphatic carbocycles. The molecule has 9 nitrogen and oxygen atoms in total. The third kappa shape index (κ3) is 4.52. The van der Waals surface area contributed by atoms with Crippen molar-refractivity contribution in [3.8, 4) is 0 Å². The third-order valence-electron chi connectivity index (χ3n) is 3.77. The van der Waals surface area contributed by atoms with Gasteiger partial charge < -0.3 is 21.3 Å². The molecular formula is C13H26N4O5. The number of aliphatic imine (C=N–C) groups is 1. The Morgan fingerprint density at radius 3 is 2.41 bits per heavy atom. The molecule has 1 aliphatic rings. The van der Waals surface area contributed by atoms with Gasteiger partial charge in [0.05, 0.1) is 17.1 Å². The zero-order valence-corrected chi connectivity index (χ0v) is 13.5. The number of nitrogens with zero attached hydrogens (tertiary/aromatic N) is 2. The Kier molecular flexibility index (Phi) is 5.71. The van der Waals surface area contributed by atoms with Gasteiger partial charge in [0, 0.05) is 12.5 Å². The number of rotatable bonds is 6. The fourth-order valence-electron chi connectivity index (χ4n) is 2.80. The summed E-state index contributed by atoms with van der Waals surface area (Å²) >= 11 is 0. The lowest BCUT2D eigenvalue weighted by molar-refractivity contribution is -0.582. The lowest BCUT2D eigenvalue weighted by atomic mass is 9.73. The summed E-state index contributed by atoms with van der Waals surface area (Å²) in [4.78, 5) is 13.8. The van der Waals surface area contributed by atoms with E-state index in [1.54, 1.807) is 6.92 Å². The van der Waals surface area contributed by atoms with Crippen LogP contribution in [-0.2, 0) is 9.47 Å². The lowest BCUT2D eigenvalue weighted by Crippen LogP contribution is -2.55. The van der Waals surface area contributed by atoms with E-state index in [0.717, 1.165) is 0 Å². The molecule has 9 heteroatoms. The molecule has 128 valence electrons. The van der Waals surface area contributed by atoms with E-state index in [1.807, 2.05) is 20.8 Å². The molecule has 0 aromatic rings. The molecule has 4 atom stereocenters. The first-order valence-electron chi connectivity index (χ1n) is 7.14. The van der Waals surface area contributed by atoms with Gasteiger partial charge in [-0.05, 0) is 18.8 Å². The Bertz CT molecular complexity index is 423. The number of nitro groups is 1. The summed E-state index contributed by atoms with van der Waals surface area (Å²) in [6, 6.07) is 0. The average Bonchev–Trinajstić information content (AvgIpc) is 2.85. The molecule has 0 amide bonds. The zero-order valence-electron chi connectivity index (χ0n) is 13.5. The second-order valence-corrected chi connectivity index (χ2v) is 6.83. The van der Waals surface area contributed by atoms with Crippen LogP contribution in [0.15, 0.2) is 4.99 Å². The number of nitrogens with two attached hydrogens (primary N) is 2. The molecule has 4 unspecified atom stereocenters. The minimum absolute atomic E-state index is 0.177. The summed E-state index contributed by atoms with van der Waals surface area (Å²) in [5, 5.41) is 22.0. The van der Waals surface area contributed by atoms with Gasteiger partial charge in [0.1, 0.15) is 6.10 Å². The van der Waals surface area contributed by atoms with Gasteiger partial charge in [-0.15, -0.1) is 0 Å². The first-order valence-corrected chi connectivity index (χ1v) is 7.14. The van der Waals surface area contributed by atoms with Crippen LogP contribution in [0.3, 0.4) is 0 Å². The van der Waals surface area contributed by atoms with Gasteiger partial charge in [-0.2, -0.15) is 4.99 Å². The van der Waals surface area contributed by atoms with Crippen molar-refractivity contribution < 1.29 is 19.5 Å². The highest BCUT2D eigenvalue weighted by Crippen LogP contribution is 2.39. The van der Waals surface area contributed by atoms with Crippen LogP contribution >= 0.6 is 0 Å². The molecule has 0 bridgehead atoms. The van der Waals surface area contributed by atoms with E-state index in [1.165, 1.54) is 0 Å². The van der Waals surface area contributed by atoms with Crippen LogP contribution in [0.1, 0.15) is 34.1 Å². The van der Waals surface area contributed by atoms with Gasteiger partial charge in [0.25, 0.3) is 0 Å². The average molecular weight is 318 g/mol. The molecule has 1 aliphatic heterocycles. The van der Waals surface area contributed by atoms with E-state index in [2.05, 4.69) is 4.99 Å². The third-order valence-corrected chi connectivity index (χ3v) is 3.77.